The van der Waals surface area contributed by atoms with Crippen molar-refractivity contribution in [2.45, 2.75) is 46.1 Å². The number of carbonyl (C=O) groups excluding carboxylic acids is 1. The number of nitrogens with one attached hydrogen (secondary N) is 1. The summed E-state index contributed by atoms with van der Waals surface area (Å²) in [6.07, 6.45) is 2.17. The van der Waals surface area contributed by atoms with Crippen molar-refractivity contribution in [2.75, 3.05) is 18.0 Å². The fourth-order valence-electron chi connectivity index (χ4n) is 4.86. The SMILES string of the molecule is Cc1nc2c3ccccc3nn2c(C)c1CCC(=O)NCC(C)N1CCc2ccccc21. The minimum Gasteiger partial charge on any atom is -0.366 e. The van der Waals surface area contributed by atoms with E-state index in [1.807, 2.05) is 29.6 Å². The van der Waals surface area contributed by atoms with E-state index >= 15 is 0 Å². The zero-order chi connectivity index (χ0) is 22.2. The van der Waals surface area contributed by atoms with Gasteiger partial charge in [-0.25, -0.2) is 9.50 Å². The van der Waals surface area contributed by atoms with E-state index in [1.165, 1.54) is 11.3 Å². The lowest BCUT2D eigenvalue weighted by atomic mass is 10.1. The fourth-order valence-corrected chi connectivity index (χ4v) is 4.86. The van der Waals surface area contributed by atoms with Crippen molar-refractivity contribution in [3.8, 4) is 0 Å². The second-order valence-corrected chi connectivity index (χ2v) is 8.74. The summed E-state index contributed by atoms with van der Waals surface area (Å²) >= 11 is 0. The Bertz CT molecular complexity index is 1310. The first-order chi connectivity index (χ1) is 15.5. The molecule has 1 aliphatic heterocycles. The van der Waals surface area contributed by atoms with Crippen molar-refractivity contribution in [2.24, 2.45) is 0 Å². The maximum atomic E-state index is 12.6. The Labute approximate surface area is 188 Å². The number of para-hydroxylation sites is 1. The molecule has 4 aromatic rings. The van der Waals surface area contributed by atoms with Gasteiger partial charge in [-0.05, 0) is 62.9 Å². The summed E-state index contributed by atoms with van der Waals surface area (Å²) in [4.78, 5) is 19.8. The Kier molecular flexibility index (Phi) is 5.29. The molecule has 1 aliphatic rings. The molecular weight excluding hydrogens is 398 g/mol. The summed E-state index contributed by atoms with van der Waals surface area (Å²) in [5, 5.41) is 8.90. The molecule has 1 N–H and O–H groups in total. The average Bonchev–Trinajstić information content (AvgIpc) is 3.39. The van der Waals surface area contributed by atoms with Crippen LogP contribution in [0, 0.1) is 13.8 Å². The van der Waals surface area contributed by atoms with Gasteiger partial charge in [0.2, 0.25) is 5.91 Å². The van der Waals surface area contributed by atoms with E-state index < -0.39 is 0 Å². The number of hydrogen-bond acceptors (Lipinski definition) is 4. The molecule has 0 saturated heterocycles. The van der Waals surface area contributed by atoms with Crippen molar-refractivity contribution < 1.29 is 4.79 Å². The second kappa shape index (κ2) is 8.26. The molecule has 0 bridgehead atoms. The highest BCUT2D eigenvalue weighted by Crippen LogP contribution is 2.29. The minimum absolute atomic E-state index is 0.0776. The molecule has 1 unspecified atom stereocenters. The van der Waals surface area contributed by atoms with Crippen LogP contribution in [-0.4, -0.2) is 39.6 Å². The molecule has 5 rings (SSSR count). The van der Waals surface area contributed by atoms with Gasteiger partial charge in [-0.1, -0.05) is 30.3 Å². The lowest BCUT2D eigenvalue weighted by molar-refractivity contribution is -0.121. The molecule has 164 valence electrons. The first-order valence-electron chi connectivity index (χ1n) is 11.4. The summed E-state index contributed by atoms with van der Waals surface area (Å²) in [5.41, 5.74) is 7.63. The van der Waals surface area contributed by atoms with E-state index in [0.29, 0.717) is 19.4 Å². The van der Waals surface area contributed by atoms with Gasteiger partial charge in [0, 0.05) is 48.0 Å². The maximum absolute atomic E-state index is 12.6. The molecule has 6 nitrogen and oxygen atoms in total. The number of benzene rings is 2. The molecule has 0 fully saturated rings. The number of amides is 1. The Morgan fingerprint density at radius 2 is 1.91 bits per heavy atom. The molecule has 3 heterocycles. The molecule has 1 atom stereocenters. The zero-order valence-electron chi connectivity index (χ0n) is 18.9. The number of hydrogen-bond donors (Lipinski definition) is 1. The number of nitrogens with zero attached hydrogens (tertiary/aromatic N) is 4. The molecular formula is C26H29N5O. The molecule has 32 heavy (non-hydrogen) atoms. The van der Waals surface area contributed by atoms with Crippen LogP contribution in [0.15, 0.2) is 48.5 Å². The van der Waals surface area contributed by atoms with Crippen LogP contribution in [0.5, 0.6) is 0 Å². The molecule has 0 aliphatic carbocycles. The van der Waals surface area contributed by atoms with Crippen LogP contribution in [-0.2, 0) is 17.6 Å². The number of rotatable bonds is 6. The van der Waals surface area contributed by atoms with E-state index in [4.69, 9.17) is 10.1 Å². The van der Waals surface area contributed by atoms with Gasteiger partial charge in [0.25, 0.3) is 0 Å². The lowest BCUT2D eigenvalue weighted by Gasteiger charge is -2.27. The molecule has 2 aromatic carbocycles. The predicted octanol–water partition coefficient (Wildman–Crippen LogP) is 4.00. The van der Waals surface area contributed by atoms with Crippen molar-refractivity contribution in [3.05, 3.63) is 71.0 Å². The van der Waals surface area contributed by atoms with Crippen LogP contribution in [0.4, 0.5) is 5.69 Å². The van der Waals surface area contributed by atoms with Crippen LogP contribution < -0.4 is 10.2 Å². The summed E-state index contributed by atoms with van der Waals surface area (Å²) in [7, 11) is 0. The Hall–Kier alpha value is -3.41. The third kappa shape index (κ3) is 3.60. The molecule has 6 heteroatoms. The van der Waals surface area contributed by atoms with Crippen LogP contribution in [0.1, 0.15) is 35.9 Å². The Balaban J connectivity index is 1.24. The van der Waals surface area contributed by atoms with Gasteiger partial charge in [-0.15, -0.1) is 0 Å². The van der Waals surface area contributed by atoms with Gasteiger partial charge >= 0.3 is 0 Å². The Morgan fingerprint density at radius 1 is 1.12 bits per heavy atom. The summed E-state index contributed by atoms with van der Waals surface area (Å²) in [6, 6.07) is 16.9. The summed E-state index contributed by atoms with van der Waals surface area (Å²) in [5.74, 6) is 0.0776. The average molecular weight is 428 g/mol. The minimum atomic E-state index is 0.0776. The first-order valence-corrected chi connectivity index (χ1v) is 11.4. The third-order valence-electron chi connectivity index (χ3n) is 6.67. The lowest BCUT2D eigenvalue weighted by Crippen LogP contribution is -2.41. The summed E-state index contributed by atoms with van der Waals surface area (Å²) < 4.78 is 1.91. The van der Waals surface area contributed by atoms with Crippen molar-refractivity contribution in [1.29, 1.82) is 0 Å². The van der Waals surface area contributed by atoms with E-state index in [0.717, 1.165) is 46.5 Å². The molecule has 2 aromatic heterocycles. The van der Waals surface area contributed by atoms with Crippen LogP contribution >= 0.6 is 0 Å². The highest BCUT2D eigenvalue weighted by atomic mass is 16.1. The van der Waals surface area contributed by atoms with Gasteiger partial charge in [0.15, 0.2) is 5.65 Å². The van der Waals surface area contributed by atoms with Crippen LogP contribution in [0.25, 0.3) is 16.6 Å². The number of anilines is 1. The standard InChI is InChI=1S/C26H29N5O/c1-17(30-15-14-20-8-4-7-11-24(20)30)16-27-25(32)13-12-21-18(2)28-26-22-9-5-6-10-23(22)29-31(26)19(21)3/h4-11,17H,12-16H2,1-3H3,(H,27,32). The van der Waals surface area contributed by atoms with Gasteiger partial charge in [-0.3, -0.25) is 4.79 Å². The zero-order valence-corrected chi connectivity index (χ0v) is 18.9. The smallest absolute Gasteiger partial charge is 0.220 e. The fraction of sp³-hybridized carbons (Fsp3) is 0.346. The van der Waals surface area contributed by atoms with E-state index in [1.54, 1.807) is 0 Å². The number of aromatic nitrogens is 3. The Morgan fingerprint density at radius 3 is 2.78 bits per heavy atom. The molecule has 0 saturated carbocycles. The van der Waals surface area contributed by atoms with Crippen molar-refractivity contribution >= 4 is 28.1 Å². The van der Waals surface area contributed by atoms with Crippen molar-refractivity contribution in [1.82, 2.24) is 19.9 Å². The van der Waals surface area contributed by atoms with Gasteiger partial charge in [-0.2, -0.15) is 5.10 Å². The third-order valence-corrected chi connectivity index (χ3v) is 6.67. The number of aryl methyl sites for hydroxylation is 2. The van der Waals surface area contributed by atoms with Gasteiger partial charge in [0.1, 0.15) is 0 Å². The first kappa shape index (κ1) is 20.5. The number of fused-ring (bicyclic) bond motifs is 4. The van der Waals surface area contributed by atoms with E-state index in [2.05, 4.69) is 54.4 Å². The number of carbonyl (C=O) groups is 1. The van der Waals surface area contributed by atoms with Crippen LogP contribution in [0.3, 0.4) is 0 Å². The molecule has 0 radical (unpaired) electrons. The highest BCUT2D eigenvalue weighted by molar-refractivity contribution is 5.92. The molecule has 0 spiro atoms. The van der Waals surface area contributed by atoms with Crippen LogP contribution in [0.2, 0.25) is 0 Å². The highest BCUT2D eigenvalue weighted by Gasteiger charge is 2.23. The normalized spacial score (nSPS) is 14.2. The van der Waals surface area contributed by atoms with Gasteiger partial charge in [0.05, 0.1) is 5.52 Å². The van der Waals surface area contributed by atoms with E-state index in [-0.39, 0.29) is 11.9 Å². The monoisotopic (exact) mass is 427 g/mol. The summed E-state index contributed by atoms with van der Waals surface area (Å²) in [6.45, 7) is 7.92. The predicted molar refractivity (Wildman–Crippen MR) is 128 cm³/mol. The topological polar surface area (TPSA) is 62.5 Å². The maximum Gasteiger partial charge on any atom is 0.220 e. The largest absolute Gasteiger partial charge is 0.366 e. The van der Waals surface area contributed by atoms with E-state index in [9.17, 15) is 4.79 Å². The molecule has 1 amide bonds. The second-order valence-electron chi connectivity index (χ2n) is 8.74. The van der Waals surface area contributed by atoms with Crippen molar-refractivity contribution in [3.63, 3.8) is 0 Å². The van der Waals surface area contributed by atoms with Gasteiger partial charge < -0.3 is 10.2 Å². The quantitative estimate of drug-likeness (QED) is 0.505.